The van der Waals surface area contributed by atoms with Crippen LogP contribution < -0.4 is 0 Å². The minimum absolute atomic E-state index is 0.122. The Morgan fingerprint density at radius 2 is 1.09 bits per heavy atom. The molecule has 0 amide bonds. The second-order valence-corrected chi connectivity index (χ2v) is 10.2. The lowest BCUT2D eigenvalue weighted by Crippen LogP contribution is -2.50. The highest BCUT2D eigenvalue weighted by atomic mass is 16.4. The Kier molecular flexibility index (Phi) is 22.0. The minimum atomic E-state index is -1.02. The Morgan fingerprint density at radius 1 is 0.698 bits per heavy atom. The van der Waals surface area contributed by atoms with Crippen molar-refractivity contribution in [3.8, 4) is 0 Å². The number of aliphatic carboxylic acids is 4. The fourth-order valence-corrected chi connectivity index (χ4v) is 4.71. The van der Waals surface area contributed by atoms with E-state index < -0.39 is 30.0 Å². The van der Waals surface area contributed by atoms with Gasteiger partial charge in [0.1, 0.15) is 0 Å². The predicted octanol–water partition coefficient (Wildman–Crippen LogP) is 0.148. The number of hydrogen-bond acceptors (Lipinski definition) is 10. The van der Waals surface area contributed by atoms with Gasteiger partial charge in [0.05, 0.1) is 32.3 Å². The maximum Gasteiger partial charge on any atom is 0.317 e. The zero-order chi connectivity index (χ0) is 32.8. The van der Waals surface area contributed by atoms with E-state index in [1.165, 1.54) is 0 Å². The van der Waals surface area contributed by atoms with E-state index in [0.29, 0.717) is 65.3 Å². The van der Waals surface area contributed by atoms with Gasteiger partial charge in [0, 0.05) is 72.0 Å². The molecule has 0 radical (unpaired) electrons. The molecule has 14 heteroatoms. The van der Waals surface area contributed by atoms with Crippen LogP contribution in [0.25, 0.3) is 0 Å². The van der Waals surface area contributed by atoms with Crippen LogP contribution in [0.1, 0.15) is 34.1 Å². The summed E-state index contributed by atoms with van der Waals surface area (Å²) in [6.45, 7) is 10.3. The van der Waals surface area contributed by atoms with Crippen LogP contribution in [0.15, 0.2) is 23.8 Å². The van der Waals surface area contributed by atoms with Crippen molar-refractivity contribution in [3.05, 3.63) is 23.8 Å². The smallest absolute Gasteiger partial charge is 0.317 e. The maximum absolute atomic E-state index is 11.5. The van der Waals surface area contributed by atoms with Gasteiger partial charge in [0.2, 0.25) is 0 Å². The number of rotatable bonds is 16. The molecular weight excluding hydrogens is 562 g/mol. The molecular formula is C29H53N5O9. The van der Waals surface area contributed by atoms with Crippen molar-refractivity contribution in [1.29, 1.82) is 0 Å². The van der Waals surface area contributed by atoms with Crippen molar-refractivity contribution in [2.24, 2.45) is 0 Å². The highest BCUT2D eigenvalue weighted by Gasteiger charge is 2.22. The lowest BCUT2D eigenvalue weighted by Gasteiger charge is -2.34. The molecule has 0 bridgehead atoms. The van der Waals surface area contributed by atoms with Gasteiger partial charge in [-0.3, -0.25) is 43.7 Å². The number of carboxylic acids is 4. The Balaban J connectivity index is 0.00000862. The normalized spacial score (nSPS) is 18.0. The molecule has 1 rings (SSSR count). The third kappa shape index (κ3) is 20.6. The molecule has 0 aliphatic carbocycles. The van der Waals surface area contributed by atoms with E-state index in [1.54, 1.807) is 19.6 Å². The number of aliphatic hydroxyl groups is 1. The van der Waals surface area contributed by atoms with Gasteiger partial charge in [-0.15, -0.1) is 0 Å². The third-order valence-corrected chi connectivity index (χ3v) is 6.77. The first kappa shape index (κ1) is 40.1. The Morgan fingerprint density at radius 3 is 1.42 bits per heavy atom. The van der Waals surface area contributed by atoms with E-state index in [-0.39, 0.29) is 39.3 Å². The first-order valence-corrected chi connectivity index (χ1v) is 14.9. The number of hydrogen-bond donors (Lipinski definition) is 5. The van der Waals surface area contributed by atoms with Gasteiger partial charge in [-0.1, -0.05) is 37.6 Å². The summed E-state index contributed by atoms with van der Waals surface area (Å²) in [6.07, 6.45) is 5.55. The molecule has 43 heavy (non-hydrogen) atoms. The molecule has 248 valence electrons. The number of carboxylic acid groups (broad SMARTS) is 4. The molecule has 0 aromatic carbocycles. The summed E-state index contributed by atoms with van der Waals surface area (Å²) in [5.74, 6) is -4.04. The second kappa shape index (κ2) is 23.6. The van der Waals surface area contributed by atoms with Crippen molar-refractivity contribution < 1.29 is 44.7 Å². The molecule has 1 saturated heterocycles. The van der Waals surface area contributed by atoms with E-state index in [1.807, 2.05) is 50.8 Å². The van der Waals surface area contributed by atoms with Crippen LogP contribution >= 0.6 is 0 Å². The van der Waals surface area contributed by atoms with Gasteiger partial charge in [0.25, 0.3) is 0 Å². The van der Waals surface area contributed by atoms with Crippen LogP contribution in [-0.2, 0) is 19.2 Å². The highest BCUT2D eigenvalue weighted by Crippen LogP contribution is 2.08. The summed E-state index contributed by atoms with van der Waals surface area (Å²) < 4.78 is 0. The Labute approximate surface area is 255 Å². The van der Waals surface area contributed by atoms with Crippen LogP contribution in [0, 0.1) is 0 Å². The molecule has 1 aliphatic rings. The summed E-state index contributed by atoms with van der Waals surface area (Å²) in [5.41, 5.74) is 1.06. The van der Waals surface area contributed by atoms with Gasteiger partial charge in [-0.25, -0.2) is 0 Å². The lowest BCUT2D eigenvalue weighted by atomic mass is 10.1. The lowest BCUT2D eigenvalue weighted by molar-refractivity contribution is -0.140. The number of aliphatic hydroxyl groups excluding tert-OH is 1. The second-order valence-electron chi connectivity index (χ2n) is 10.2. The quantitative estimate of drug-likeness (QED) is 0.148. The molecule has 0 spiro atoms. The molecule has 1 heterocycles. The van der Waals surface area contributed by atoms with E-state index in [0.717, 1.165) is 5.57 Å². The van der Waals surface area contributed by atoms with Crippen molar-refractivity contribution >= 4 is 23.9 Å². The average Bonchev–Trinajstić information content (AvgIpc) is 2.92. The predicted molar refractivity (Wildman–Crippen MR) is 163 cm³/mol. The summed E-state index contributed by atoms with van der Waals surface area (Å²) in [7, 11) is 0. The van der Waals surface area contributed by atoms with Crippen LogP contribution in [0.3, 0.4) is 0 Å². The van der Waals surface area contributed by atoms with E-state index >= 15 is 0 Å². The molecule has 1 aliphatic heterocycles. The minimum Gasteiger partial charge on any atom is -0.480 e. The fourth-order valence-electron chi connectivity index (χ4n) is 4.71. The summed E-state index contributed by atoms with van der Waals surface area (Å²) in [6, 6.07) is 0. The molecule has 14 nitrogen and oxygen atoms in total. The summed E-state index contributed by atoms with van der Waals surface area (Å²) in [4.78, 5) is 54.4. The van der Waals surface area contributed by atoms with E-state index in [9.17, 15) is 44.7 Å². The average molecular weight is 616 g/mol. The van der Waals surface area contributed by atoms with Crippen LogP contribution in [0.5, 0.6) is 0 Å². The number of nitrogens with zero attached hydrogens (tertiary/aromatic N) is 5. The molecule has 0 aromatic rings. The van der Waals surface area contributed by atoms with Crippen molar-refractivity contribution in [1.82, 2.24) is 24.5 Å². The summed E-state index contributed by atoms with van der Waals surface area (Å²) in [5, 5.41) is 48.4. The van der Waals surface area contributed by atoms with Crippen LogP contribution in [-0.4, -0.2) is 178 Å². The van der Waals surface area contributed by atoms with Gasteiger partial charge in [0.15, 0.2) is 0 Å². The van der Waals surface area contributed by atoms with Crippen molar-refractivity contribution in [2.75, 3.05) is 98.2 Å². The summed E-state index contributed by atoms with van der Waals surface area (Å²) >= 11 is 0. The maximum atomic E-state index is 11.5. The first-order chi connectivity index (χ1) is 20.4. The molecule has 0 aromatic heterocycles. The zero-order valence-corrected chi connectivity index (χ0v) is 26.2. The van der Waals surface area contributed by atoms with Gasteiger partial charge in [-0.2, -0.15) is 0 Å². The first-order valence-electron chi connectivity index (χ1n) is 14.9. The molecule has 0 saturated carbocycles. The van der Waals surface area contributed by atoms with Crippen molar-refractivity contribution in [3.63, 3.8) is 0 Å². The van der Waals surface area contributed by atoms with Gasteiger partial charge < -0.3 is 25.5 Å². The monoisotopic (exact) mass is 615 g/mol. The zero-order valence-electron chi connectivity index (χ0n) is 26.2. The third-order valence-electron chi connectivity index (χ3n) is 6.77. The topological polar surface area (TPSA) is 186 Å². The number of carbonyl (C=O) groups is 4. The molecule has 1 atom stereocenters. The standard InChI is InChI=1S/C27H47N5O9.C2H6/c1-3-5-22(4-2)6-7-32(21-27(40)41)17-23(33)16-28-8-10-29(18-24(34)35)12-14-31(20-26(38)39)15-13-30(11-9-28)19-25(36)37;1-2/h3-5,23,33H,6-21H2,1-2H3,(H,34,35)(H,36,37)(H,38,39)(H,40,41);1-2H3/b5-3-,22-4+;. The van der Waals surface area contributed by atoms with Crippen LogP contribution in [0.4, 0.5) is 0 Å². The Hall–Kier alpha value is -2.88. The van der Waals surface area contributed by atoms with E-state index in [2.05, 4.69) is 0 Å². The number of allylic oxidation sites excluding steroid dienone is 3. The molecule has 5 N–H and O–H groups in total. The van der Waals surface area contributed by atoms with Crippen LogP contribution in [0.2, 0.25) is 0 Å². The Bertz CT molecular complexity index is 868. The number of β-amino-alcohol motifs (C(OH)–C–C–N with tert-alkyl or cyclic N) is 1. The SMILES string of the molecule is C/C=C\C(=C/C)CCN(CC(=O)O)CC(O)CN1CCN(CC(=O)O)CCN(CC(=O)O)CCN(CC(=O)O)CC1.CC. The van der Waals surface area contributed by atoms with Gasteiger partial charge in [-0.05, 0) is 20.3 Å². The highest BCUT2D eigenvalue weighted by molar-refractivity contribution is 5.70. The molecule has 1 unspecified atom stereocenters. The van der Waals surface area contributed by atoms with Crippen molar-refractivity contribution in [2.45, 2.75) is 40.2 Å². The van der Waals surface area contributed by atoms with Gasteiger partial charge >= 0.3 is 23.9 Å². The molecule has 1 fully saturated rings. The van der Waals surface area contributed by atoms with E-state index in [4.69, 9.17) is 0 Å². The fraction of sp³-hybridized carbons (Fsp3) is 0.724. The largest absolute Gasteiger partial charge is 0.480 e.